The topological polar surface area (TPSA) is 46.5 Å². The summed E-state index contributed by atoms with van der Waals surface area (Å²) in [6, 6.07) is 3.08. The summed E-state index contributed by atoms with van der Waals surface area (Å²) in [5.41, 5.74) is 0.222. The minimum absolute atomic E-state index is 0.222. The van der Waals surface area contributed by atoms with E-state index in [4.69, 9.17) is 9.84 Å². The van der Waals surface area contributed by atoms with Crippen LogP contribution in [0, 0.1) is 5.92 Å². The molecule has 0 aliphatic rings. The van der Waals surface area contributed by atoms with Gasteiger partial charge in [-0.05, 0) is 56.3 Å². The maximum Gasteiger partial charge on any atom is 0.335 e. The van der Waals surface area contributed by atoms with Crippen LogP contribution in [0.15, 0.2) is 21.1 Å². The molecule has 1 aromatic rings. The van der Waals surface area contributed by atoms with Crippen molar-refractivity contribution in [1.29, 1.82) is 0 Å². The highest BCUT2D eigenvalue weighted by molar-refractivity contribution is 9.11. The molecule has 0 spiro atoms. The van der Waals surface area contributed by atoms with Crippen LogP contribution in [0.4, 0.5) is 0 Å². The highest BCUT2D eigenvalue weighted by Crippen LogP contribution is 2.35. The summed E-state index contributed by atoms with van der Waals surface area (Å²) in [6.07, 6.45) is 0.958. The lowest BCUT2D eigenvalue weighted by atomic mass is 10.1. The van der Waals surface area contributed by atoms with E-state index in [-0.39, 0.29) is 5.56 Å². The number of carboxylic acid groups (broad SMARTS) is 1. The molecule has 0 atom stereocenters. The summed E-state index contributed by atoms with van der Waals surface area (Å²) in [7, 11) is 0. The van der Waals surface area contributed by atoms with Gasteiger partial charge in [0.05, 0.1) is 21.1 Å². The Labute approximate surface area is 117 Å². The second-order valence-corrected chi connectivity index (χ2v) is 5.81. The fourth-order valence-electron chi connectivity index (χ4n) is 1.22. The minimum Gasteiger partial charge on any atom is -0.491 e. The zero-order valence-electron chi connectivity index (χ0n) is 9.67. The summed E-state index contributed by atoms with van der Waals surface area (Å²) >= 11 is 6.63. The Morgan fingerprint density at radius 3 is 2.29 bits per heavy atom. The van der Waals surface area contributed by atoms with Gasteiger partial charge in [-0.1, -0.05) is 13.8 Å². The van der Waals surface area contributed by atoms with Crippen molar-refractivity contribution in [2.75, 3.05) is 6.61 Å². The van der Waals surface area contributed by atoms with Gasteiger partial charge in [-0.2, -0.15) is 0 Å². The monoisotopic (exact) mass is 364 g/mol. The number of benzene rings is 1. The maximum absolute atomic E-state index is 10.8. The molecule has 0 saturated heterocycles. The van der Waals surface area contributed by atoms with Crippen molar-refractivity contribution < 1.29 is 14.6 Å². The molecular weight excluding hydrogens is 352 g/mol. The third kappa shape index (κ3) is 4.32. The fourth-order valence-corrected chi connectivity index (χ4v) is 2.63. The molecule has 0 aromatic heterocycles. The van der Waals surface area contributed by atoms with Crippen molar-refractivity contribution >= 4 is 37.8 Å². The standard InChI is InChI=1S/C12H14Br2O3/c1-7(2)3-4-17-11-9(13)5-8(12(15)16)6-10(11)14/h5-7H,3-4H2,1-2H3,(H,15,16). The Hall–Kier alpha value is -0.550. The van der Waals surface area contributed by atoms with Crippen molar-refractivity contribution in [3.63, 3.8) is 0 Å². The molecule has 1 N–H and O–H groups in total. The van der Waals surface area contributed by atoms with Gasteiger partial charge in [0.15, 0.2) is 0 Å². The molecule has 5 heteroatoms. The molecule has 0 bridgehead atoms. The molecule has 94 valence electrons. The van der Waals surface area contributed by atoms with Crippen LogP contribution in [0.2, 0.25) is 0 Å². The van der Waals surface area contributed by atoms with Crippen molar-refractivity contribution in [1.82, 2.24) is 0 Å². The van der Waals surface area contributed by atoms with E-state index >= 15 is 0 Å². The van der Waals surface area contributed by atoms with Crippen LogP contribution in [-0.4, -0.2) is 17.7 Å². The number of rotatable bonds is 5. The zero-order valence-corrected chi connectivity index (χ0v) is 12.8. The molecule has 0 aliphatic heterocycles. The van der Waals surface area contributed by atoms with Crippen LogP contribution < -0.4 is 4.74 Å². The lowest BCUT2D eigenvalue weighted by molar-refractivity contribution is 0.0696. The molecule has 1 aromatic carbocycles. The summed E-state index contributed by atoms with van der Waals surface area (Å²) < 4.78 is 6.92. The molecule has 0 fully saturated rings. The lowest BCUT2D eigenvalue weighted by Crippen LogP contribution is -2.04. The highest BCUT2D eigenvalue weighted by atomic mass is 79.9. The molecule has 0 saturated carbocycles. The average molecular weight is 366 g/mol. The largest absolute Gasteiger partial charge is 0.491 e. The van der Waals surface area contributed by atoms with Crippen molar-refractivity contribution in [2.24, 2.45) is 5.92 Å². The van der Waals surface area contributed by atoms with Crippen molar-refractivity contribution in [2.45, 2.75) is 20.3 Å². The van der Waals surface area contributed by atoms with Crippen molar-refractivity contribution in [3.05, 3.63) is 26.6 Å². The van der Waals surface area contributed by atoms with Gasteiger partial charge >= 0.3 is 5.97 Å². The molecule has 3 nitrogen and oxygen atoms in total. The van der Waals surface area contributed by atoms with E-state index < -0.39 is 5.97 Å². The summed E-state index contributed by atoms with van der Waals surface area (Å²) in [5, 5.41) is 8.89. The van der Waals surface area contributed by atoms with Crippen LogP contribution in [0.25, 0.3) is 0 Å². The van der Waals surface area contributed by atoms with Crippen LogP contribution >= 0.6 is 31.9 Å². The van der Waals surface area contributed by atoms with Gasteiger partial charge in [0.25, 0.3) is 0 Å². The minimum atomic E-state index is -0.958. The van der Waals surface area contributed by atoms with Gasteiger partial charge in [0, 0.05) is 0 Å². The number of carboxylic acids is 1. The van der Waals surface area contributed by atoms with E-state index in [1.54, 1.807) is 0 Å². The Morgan fingerprint density at radius 2 is 1.88 bits per heavy atom. The maximum atomic E-state index is 10.8. The van der Waals surface area contributed by atoms with Gasteiger partial charge in [-0.25, -0.2) is 4.79 Å². The van der Waals surface area contributed by atoms with E-state index in [0.29, 0.717) is 27.2 Å². The Morgan fingerprint density at radius 1 is 1.35 bits per heavy atom. The summed E-state index contributed by atoms with van der Waals surface area (Å²) in [4.78, 5) is 10.8. The van der Waals surface area contributed by atoms with Crippen LogP contribution in [0.1, 0.15) is 30.6 Å². The predicted octanol–water partition coefficient (Wildman–Crippen LogP) is 4.33. The second kappa shape index (κ2) is 6.40. The number of hydrogen-bond donors (Lipinski definition) is 1. The van der Waals surface area contributed by atoms with Crippen LogP contribution in [0.5, 0.6) is 5.75 Å². The highest BCUT2D eigenvalue weighted by Gasteiger charge is 2.12. The zero-order chi connectivity index (χ0) is 13.0. The molecule has 0 amide bonds. The SMILES string of the molecule is CC(C)CCOc1c(Br)cc(C(=O)O)cc1Br. The lowest BCUT2D eigenvalue weighted by Gasteiger charge is -2.12. The second-order valence-electron chi connectivity index (χ2n) is 4.11. The molecule has 0 aliphatic carbocycles. The van der Waals surface area contributed by atoms with E-state index in [1.807, 2.05) is 0 Å². The van der Waals surface area contributed by atoms with Gasteiger partial charge in [-0.15, -0.1) is 0 Å². The van der Waals surface area contributed by atoms with E-state index in [1.165, 1.54) is 12.1 Å². The fraction of sp³-hybridized carbons (Fsp3) is 0.417. The Bertz CT molecular complexity index is 393. The van der Waals surface area contributed by atoms with Crippen LogP contribution in [-0.2, 0) is 0 Å². The first kappa shape index (κ1) is 14.5. The normalized spacial score (nSPS) is 10.6. The van der Waals surface area contributed by atoms with E-state index in [9.17, 15) is 4.79 Å². The van der Waals surface area contributed by atoms with E-state index in [0.717, 1.165) is 6.42 Å². The van der Waals surface area contributed by atoms with Crippen molar-refractivity contribution in [3.8, 4) is 5.75 Å². The van der Waals surface area contributed by atoms with Gasteiger partial charge in [0.2, 0.25) is 0 Å². The Kier molecular flexibility index (Phi) is 5.46. The third-order valence-electron chi connectivity index (χ3n) is 2.19. The number of hydrogen-bond acceptors (Lipinski definition) is 2. The number of ether oxygens (including phenoxy) is 1. The predicted molar refractivity (Wildman–Crippen MR) is 73.8 cm³/mol. The molecule has 17 heavy (non-hydrogen) atoms. The molecule has 0 unspecified atom stereocenters. The first-order valence-electron chi connectivity index (χ1n) is 5.27. The van der Waals surface area contributed by atoms with Gasteiger partial charge in [0.1, 0.15) is 5.75 Å². The Balaban J connectivity index is 2.83. The quantitative estimate of drug-likeness (QED) is 0.844. The average Bonchev–Trinajstić information content (AvgIpc) is 2.21. The van der Waals surface area contributed by atoms with Gasteiger partial charge < -0.3 is 9.84 Å². The first-order valence-corrected chi connectivity index (χ1v) is 6.85. The number of halogens is 2. The molecule has 1 rings (SSSR count). The molecular formula is C12H14Br2O3. The van der Waals surface area contributed by atoms with E-state index in [2.05, 4.69) is 45.7 Å². The van der Waals surface area contributed by atoms with Gasteiger partial charge in [-0.3, -0.25) is 0 Å². The number of carbonyl (C=O) groups is 1. The molecule has 0 heterocycles. The molecule has 0 radical (unpaired) electrons. The number of aromatic carboxylic acids is 1. The smallest absolute Gasteiger partial charge is 0.335 e. The first-order chi connectivity index (χ1) is 7.91. The summed E-state index contributed by atoms with van der Waals surface area (Å²) in [6.45, 7) is 4.86. The third-order valence-corrected chi connectivity index (χ3v) is 3.36. The van der Waals surface area contributed by atoms with Crippen LogP contribution in [0.3, 0.4) is 0 Å². The summed E-state index contributed by atoms with van der Waals surface area (Å²) in [5.74, 6) is 0.265.